The van der Waals surface area contributed by atoms with Crippen LogP contribution in [0.5, 0.6) is 0 Å². The van der Waals surface area contributed by atoms with Crippen molar-refractivity contribution in [1.29, 1.82) is 0 Å². The van der Waals surface area contributed by atoms with Crippen molar-refractivity contribution in [3.63, 3.8) is 0 Å². The van der Waals surface area contributed by atoms with Crippen molar-refractivity contribution >= 4 is 29.4 Å². The summed E-state index contributed by atoms with van der Waals surface area (Å²) in [7, 11) is 0. The van der Waals surface area contributed by atoms with Crippen LogP contribution in [-0.4, -0.2) is 30.3 Å². The molecular formula is C31H30N2O5. The third-order valence-corrected chi connectivity index (χ3v) is 7.57. The van der Waals surface area contributed by atoms with Gasteiger partial charge < -0.3 is 10.1 Å². The molecule has 7 nitrogen and oxygen atoms in total. The van der Waals surface area contributed by atoms with Crippen LogP contribution in [0.2, 0.25) is 0 Å². The zero-order chi connectivity index (χ0) is 26.6. The van der Waals surface area contributed by atoms with Crippen LogP contribution < -0.4 is 10.2 Å². The number of anilines is 1. The third-order valence-electron chi connectivity index (χ3n) is 7.57. The molecule has 0 unspecified atom stereocenters. The van der Waals surface area contributed by atoms with Gasteiger partial charge in [-0.1, -0.05) is 60.7 Å². The molecule has 0 bridgehead atoms. The number of rotatable bonds is 7. The molecule has 1 saturated carbocycles. The van der Waals surface area contributed by atoms with Gasteiger partial charge in [0.1, 0.15) is 0 Å². The second-order valence-corrected chi connectivity index (χ2v) is 9.97. The first-order valence-corrected chi connectivity index (χ1v) is 13.0. The lowest BCUT2D eigenvalue weighted by atomic mass is 9.73. The van der Waals surface area contributed by atoms with Crippen molar-refractivity contribution < 1.29 is 23.9 Å². The molecule has 3 aromatic rings. The fraction of sp³-hybridized carbons (Fsp3) is 0.290. The molecule has 3 aromatic carbocycles. The Balaban J connectivity index is 1.18. The lowest BCUT2D eigenvalue weighted by molar-refractivity contribution is -0.125. The molecule has 1 aliphatic heterocycles. The highest BCUT2D eigenvalue weighted by Gasteiger charge is 2.50. The van der Waals surface area contributed by atoms with Gasteiger partial charge >= 0.3 is 5.97 Å². The second kappa shape index (κ2) is 11.0. The minimum absolute atomic E-state index is 0.175. The number of carbonyl (C=O) groups excluding carboxylic acids is 4. The van der Waals surface area contributed by atoms with Gasteiger partial charge in [-0.05, 0) is 67.5 Å². The Hall–Kier alpha value is -4.26. The first-order chi connectivity index (χ1) is 18.4. The van der Waals surface area contributed by atoms with E-state index in [4.69, 9.17) is 4.74 Å². The number of esters is 1. The summed E-state index contributed by atoms with van der Waals surface area (Å²) in [4.78, 5) is 52.4. The van der Waals surface area contributed by atoms with Crippen LogP contribution >= 0.6 is 0 Å². The lowest BCUT2D eigenvalue weighted by Crippen LogP contribution is -2.31. The number of imide groups is 1. The molecule has 0 aromatic heterocycles. The number of nitrogens with zero attached hydrogens (tertiary/aromatic N) is 1. The number of ether oxygens (including phenoxy) is 1. The second-order valence-electron chi connectivity index (χ2n) is 9.97. The van der Waals surface area contributed by atoms with Gasteiger partial charge in [-0.25, -0.2) is 4.79 Å². The molecule has 5 rings (SSSR count). The quantitative estimate of drug-likeness (QED) is 0.364. The van der Waals surface area contributed by atoms with E-state index in [-0.39, 0.29) is 41.2 Å². The summed E-state index contributed by atoms with van der Waals surface area (Å²) in [6.45, 7) is 1.44. The summed E-state index contributed by atoms with van der Waals surface area (Å²) in [6, 6.07) is 25.6. The molecule has 1 aliphatic carbocycles. The van der Waals surface area contributed by atoms with E-state index in [0.29, 0.717) is 18.5 Å². The van der Waals surface area contributed by atoms with Crippen LogP contribution in [0.15, 0.2) is 84.9 Å². The Morgan fingerprint density at radius 3 is 2.18 bits per heavy atom. The van der Waals surface area contributed by atoms with E-state index in [1.54, 1.807) is 12.1 Å². The smallest absolute Gasteiger partial charge is 0.338 e. The molecule has 1 saturated heterocycles. The summed E-state index contributed by atoms with van der Waals surface area (Å²) >= 11 is 0. The molecule has 2 fully saturated rings. The van der Waals surface area contributed by atoms with Gasteiger partial charge in [0.15, 0.2) is 6.61 Å². The predicted molar refractivity (Wildman–Crippen MR) is 142 cm³/mol. The molecule has 7 heteroatoms. The van der Waals surface area contributed by atoms with Crippen molar-refractivity contribution in [3.8, 4) is 0 Å². The molecular weight excluding hydrogens is 480 g/mol. The molecule has 38 heavy (non-hydrogen) atoms. The summed E-state index contributed by atoms with van der Waals surface area (Å²) in [5.41, 5.74) is 2.83. The highest BCUT2D eigenvalue weighted by molar-refractivity contribution is 6.22. The number of nitrogens with one attached hydrogen (secondary N) is 1. The molecule has 1 N–H and O–H groups in total. The average molecular weight is 511 g/mol. The van der Waals surface area contributed by atoms with Gasteiger partial charge in [0, 0.05) is 0 Å². The van der Waals surface area contributed by atoms with Crippen molar-refractivity contribution in [2.45, 2.75) is 38.1 Å². The van der Waals surface area contributed by atoms with E-state index in [1.165, 1.54) is 22.6 Å². The SMILES string of the molecule is C[C@H](NC(=O)COC(=O)c1ccc(N2C(=O)[C@H]3C[C@@H](c4ccccc4)CC[C@H]3C2=O)cc1)c1ccccc1. The molecule has 0 radical (unpaired) electrons. The van der Waals surface area contributed by atoms with E-state index in [0.717, 1.165) is 12.0 Å². The summed E-state index contributed by atoms with van der Waals surface area (Å²) in [5.74, 6) is -1.79. The maximum Gasteiger partial charge on any atom is 0.338 e. The first-order valence-electron chi connectivity index (χ1n) is 13.0. The zero-order valence-electron chi connectivity index (χ0n) is 21.2. The van der Waals surface area contributed by atoms with E-state index >= 15 is 0 Å². The van der Waals surface area contributed by atoms with Crippen LogP contribution in [0.4, 0.5) is 5.69 Å². The Bertz CT molecular complexity index is 1320. The van der Waals surface area contributed by atoms with Crippen LogP contribution in [-0.2, 0) is 19.1 Å². The number of amides is 3. The standard InChI is InChI=1S/C31H30N2O5/c1-20(21-8-4-2-5-9-21)32-28(34)19-38-31(37)23-12-15-25(16-13-23)33-29(35)26-17-14-24(18-27(26)30(33)36)22-10-6-3-7-11-22/h2-13,15-16,20,24,26-27H,14,17-19H2,1H3,(H,32,34)/t20-,24-,26+,27-/m0/s1. The van der Waals surface area contributed by atoms with Gasteiger partial charge in [0.25, 0.3) is 5.91 Å². The Morgan fingerprint density at radius 1 is 0.868 bits per heavy atom. The van der Waals surface area contributed by atoms with Crippen LogP contribution in [0, 0.1) is 11.8 Å². The first kappa shape index (κ1) is 25.4. The van der Waals surface area contributed by atoms with E-state index in [9.17, 15) is 19.2 Å². The van der Waals surface area contributed by atoms with Gasteiger partial charge in [0.2, 0.25) is 11.8 Å². The fourth-order valence-electron chi connectivity index (χ4n) is 5.53. The summed E-state index contributed by atoms with van der Waals surface area (Å²) in [5, 5.41) is 2.80. The van der Waals surface area contributed by atoms with Gasteiger partial charge in [-0.2, -0.15) is 0 Å². The fourth-order valence-corrected chi connectivity index (χ4v) is 5.53. The monoisotopic (exact) mass is 510 g/mol. The van der Waals surface area contributed by atoms with Crippen molar-refractivity contribution in [3.05, 3.63) is 102 Å². The lowest BCUT2D eigenvalue weighted by Gasteiger charge is -2.28. The largest absolute Gasteiger partial charge is 0.452 e. The molecule has 3 amide bonds. The third kappa shape index (κ3) is 5.23. The van der Waals surface area contributed by atoms with Crippen LogP contribution in [0.25, 0.3) is 0 Å². The Labute approximate surface area is 221 Å². The Morgan fingerprint density at radius 2 is 1.50 bits per heavy atom. The normalized spacial score (nSPS) is 21.5. The van der Waals surface area contributed by atoms with E-state index in [1.807, 2.05) is 55.5 Å². The van der Waals surface area contributed by atoms with Crippen LogP contribution in [0.3, 0.4) is 0 Å². The van der Waals surface area contributed by atoms with E-state index in [2.05, 4.69) is 17.4 Å². The predicted octanol–water partition coefficient (Wildman–Crippen LogP) is 4.79. The topological polar surface area (TPSA) is 92.8 Å². The van der Waals surface area contributed by atoms with Crippen molar-refractivity contribution in [2.24, 2.45) is 11.8 Å². The maximum absolute atomic E-state index is 13.3. The number of carbonyl (C=O) groups is 4. The average Bonchev–Trinajstić information content (AvgIpc) is 3.21. The summed E-state index contributed by atoms with van der Waals surface area (Å²) in [6.07, 6.45) is 2.21. The van der Waals surface area contributed by atoms with Gasteiger partial charge in [0.05, 0.1) is 29.1 Å². The summed E-state index contributed by atoms with van der Waals surface area (Å²) < 4.78 is 5.17. The zero-order valence-corrected chi connectivity index (χ0v) is 21.2. The molecule has 0 spiro atoms. The van der Waals surface area contributed by atoms with Crippen LogP contribution in [0.1, 0.15) is 59.6 Å². The number of benzene rings is 3. The highest BCUT2D eigenvalue weighted by atomic mass is 16.5. The molecule has 194 valence electrons. The van der Waals surface area contributed by atoms with Crippen molar-refractivity contribution in [2.75, 3.05) is 11.5 Å². The minimum Gasteiger partial charge on any atom is -0.452 e. The molecule has 2 aliphatic rings. The molecule has 4 atom stereocenters. The minimum atomic E-state index is -0.655. The highest BCUT2D eigenvalue weighted by Crippen LogP contribution is 2.45. The van der Waals surface area contributed by atoms with E-state index < -0.39 is 18.5 Å². The molecule has 1 heterocycles. The number of fused-ring (bicyclic) bond motifs is 1. The number of hydrogen-bond donors (Lipinski definition) is 1. The maximum atomic E-state index is 13.3. The van der Waals surface area contributed by atoms with Crippen molar-refractivity contribution in [1.82, 2.24) is 5.32 Å². The van der Waals surface area contributed by atoms with Gasteiger partial charge in [-0.3, -0.25) is 19.3 Å². The Kier molecular flexibility index (Phi) is 7.36. The number of hydrogen-bond acceptors (Lipinski definition) is 5. The van der Waals surface area contributed by atoms with Gasteiger partial charge in [-0.15, -0.1) is 0 Å².